The van der Waals surface area contributed by atoms with E-state index < -0.39 is 28.5 Å². The first-order valence-corrected chi connectivity index (χ1v) is 16.7. The highest BCUT2D eigenvalue weighted by molar-refractivity contribution is 7.92. The molecule has 0 bridgehead atoms. The van der Waals surface area contributed by atoms with Crippen LogP contribution < -0.4 is 9.62 Å². The number of anilines is 1. The van der Waals surface area contributed by atoms with Crippen molar-refractivity contribution in [3.05, 3.63) is 131 Å². The molecule has 0 aliphatic rings. The molecule has 0 radical (unpaired) electrons. The number of nitrogens with zero attached hydrogens (tertiary/aromatic N) is 2. The molecule has 2 amide bonds. The van der Waals surface area contributed by atoms with Crippen LogP contribution in [0.5, 0.6) is 0 Å². The Kier molecular flexibility index (Phi) is 11.2. The van der Waals surface area contributed by atoms with Gasteiger partial charge < -0.3 is 10.2 Å². The van der Waals surface area contributed by atoms with Crippen molar-refractivity contribution in [1.29, 1.82) is 0 Å². The van der Waals surface area contributed by atoms with E-state index in [1.807, 2.05) is 101 Å². The molecule has 0 spiro atoms. The predicted octanol–water partition coefficient (Wildman–Crippen LogP) is 6.22. The number of nitrogens with one attached hydrogen (secondary N) is 1. The normalized spacial score (nSPS) is 12.0. The van der Waals surface area contributed by atoms with Gasteiger partial charge in [0.15, 0.2) is 0 Å². The molecule has 0 saturated carbocycles. The van der Waals surface area contributed by atoms with Gasteiger partial charge in [0.2, 0.25) is 11.8 Å². The summed E-state index contributed by atoms with van der Waals surface area (Å²) in [4.78, 5) is 30.0. The molecule has 4 aromatic carbocycles. The summed E-state index contributed by atoms with van der Waals surface area (Å²) in [6.07, 6.45) is 0.275. The largest absolute Gasteiger partial charge is 0.354 e. The molecule has 45 heavy (non-hydrogen) atoms. The van der Waals surface area contributed by atoms with Gasteiger partial charge in [-0.3, -0.25) is 13.9 Å². The molecule has 7 nitrogen and oxygen atoms in total. The first-order chi connectivity index (χ1) is 21.5. The first-order valence-electron chi connectivity index (χ1n) is 15.3. The highest BCUT2D eigenvalue weighted by atomic mass is 32.2. The third-order valence-electron chi connectivity index (χ3n) is 7.88. The molecule has 0 fully saturated rings. The third kappa shape index (κ3) is 8.60. The van der Waals surface area contributed by atoms with Crippen molar-refractivity contribution < 1.29 is 18.0 Å². The third-order valence-corrected chi connectivity index (χ3v) is 9.66. The maximum absolute atomic E-state index is 14.6. The van der Waals surface area contributed by atoms with Gasteiger partial charge in [-0.15, -0.1) is 0 Å². The van der Waals surface area contributed by atoms with Crippen molar-refractivity contribution in [2.75, 3.05) is 17.4 Å². The van der Waals surface area contributed by atoms with Crippen LogP contribution in [0.15, 0.2) is 108 Å². The summed E-state index contributed by atoms with van der Waals surface area (Å²) in [5, 5.41) is 3.02. The van der Waals surface area contributed by atoms with Gasteiger partial charge >= 0.3 is 0 Å². The minimum absolute atomic E-state index is 0.0897. The Bertz CT molecular complexity index is 1690. The minimum Gasteiger partial charge on any atom is -0.354 e. The Hall–Kier alpha value is -4.43. The average molecular weight is 626 g/mol. The zero-order valence-corrected chi connectivity index (χ0v) is 27.6. The number of amides is 2. The van der Waals surface area contributed by atoms with E-state index >= 15 is 0 Å². The van der Waals surface area contributed by atoms with Crippen molar-refractivity contribution in [2.24, 2.45) is 5.92 Å². The summed E-state index contributed by atoms with van der Waals surface area (Å²) >= 11 is 0. The van der Waals surface area contributed by atoms with Crippen LogP contribution in [0.2, 0.25) is 0 Å². The second kappa shape index (κ2) is 15.0. The molecule has 236 valence electrons. The summed E-state index contributed by atoms with van der Waals surface area (Å²) < 4.78 is 29.7. The highest BCUT2D eigenvalue weighted by Crippen LogP contribution is 2.29. The van der Waals surface area contributed by atoms with E-state index in [9.17, 15) is 18.0 Å². The van der Waals surface area contributed by atoms with Gasteiger partial charge in [-0.25, -0.2) is 8.42 Å². The van der Waals surface area contributed by atoms with Crippen LogP contribution in [-0.2, 0) is 32.6 Å². The molecular formula is C37H43N3O4S. The van der Waals surface area contributed by atoms with E-state index in [0.29, 0.717) is 12.2 Å². The number of benzene rings is 4. The molecule has 0 unspecified atom stereocenters. The van der Waals surface area contributed by atoms with Crippen LogP contribution in [0, 0.1) is 26.7 Å². The van der Waals surface area contributed by atoms with E-state index in [1.54, 1.807) is 36.4 Å². The van der Waals surface area contributed by atoms with Gasteiger partial charge in [0, 0.05) is 19.5 Å². The monoisotopic (exact) mass is 625 g/mol. The Balaban J connectivity index is 1.81. The smallest absolute Gasteiger partial charge is 0.264 e. The molecule has 4 aromatic rings. The van der Waals surface area contributed by atoms with Crippen LogP contribution >= 0.6 is 0 Å². The quantitative estimate of drug-likeness (QED) is 0.191. The first kappa shape index (κ1) is 33.5. The average Bonchev–Trinajstić information content (AvgIpc) is 3.03. The topological polar surface area (TPSA) is 86.8 Å². The summed E-state index contributed by atoms with van der Waals surface area (Å²) in [5.41, 5.74) is 4.74. The lowest BCUT2D eigenvalue weighted by Gasteiger charge is -2.34. The number of aryl methyl sites for hydroxylation is 2. The molecule has 0 saturated heterocycles. The molecule has 0 aliphatic heterocycles. The molecule has 8 heteroatoms. The van der Waals surface area contributed by atoms with E-state index in [2.05, 4.69) is 5.32 Å². The fourth-order valence-electron chi connectivity index (χ4n) is 5.11. The molecular weight excluding hydrogens is 582 g/mol. The zero-order valence-electron chi connectivity index (χ0n) is 26.7. The van der Waals surface area contributed by atoms with Gasteiger partial charge in [0.25, 0.3) is 10.0 Å². The SMILES string of the molecule is Cc1ccc(S(=O)(=O)N(CC(=O)N(Cc2ccccc2)[C@H](Cc2ccccc2)C(=O)NCC(C)C)c2cccc(C)c2C)cc1. The van der Waals surface area contributed by atoms with E-state index in [-0.39, 0.29) is 29.7 Å². The second-order valence-corrected chi connectivity index (χ2v) is 13.8. The van der Waals surface area contributed by atoms with E-state index in [0.717, 1.165) is 27.8 Å². The number of rotatable bonds is 13. The van der Waals surface area contributed by atoms with Gasteiger partial charge in [-0.1, -0.05) is 104 Å². The van der Waals surface area contributed by atoms with Gasteiger partial charge in [-0.05, 0) is 67.1 Å². The van der Waals surface area contributed by atoms with E-state index in [1.165, 1.54) is 9.21 Å². The van der Waals surface area contributed by atoms with Crippen molar-refractivity contribution in [3.8, 4) is 0 Å². The van der Waals surface area contributed by atoms with Crippen LogP contribution in [0.3, 0.4) is 0 Å². The Morgan fingerprint density at radius 2 is 1.36 bits per heavy atom. The number of carbonyl (C=O) groups is 2. The van der Waals surface area contributed by atoms with Crippen molar-refractivity contribution in [1.82, 2.24) is 10.2 Å². The maximum atomic E-state index is 14.6. The predicted molar refractivity (Wildman–Crippen MR) is 180 cm³/mol. The highest BCUT2D eigenvalue weighted by Gasteiger charge is 2.35. The summed E-state index contributed by atoms with van der Waals surface area (Å²) in [7, 11) is -4.15. The Labute approximate surface area is 268 Å². The number of sulfonamides is 1. The molecule has 1 atom stereocenters. The van der Waals surface area contributed by atoms with Crippen molar-refractivity contribution in [3.63, 3.8) is 0 Å². The molecule has 0 heterocycles. The molecule has 0 aliphatic carbocycles. The Morgan fingerprint density at radius 3 is 1.96 bits per heavy atom. The van der Waals surface area contributed by atoms with Crippen molar-refractivity contribution in [2.45, 2.75) is 58.5 Å². The summed E-state index contributed by atoms with van der Waals surface area (Å²) in [6.45, 7) is 9.79. The van der Waals surface area contributed by atoms with Gasteiger partial charge in [0.05, 0.1) is 10.6 Å². The zero-order chi connectivity index (χ0) is 32.6. The maximum Gasteiger partial charge on any atom is 0.264 e. The molecule has 0 aromatic heterocycles. The van der Waals surface area contributed by atoms with E-state index in [4.69, 9.17) is 0 Å². The summed E-state index contributed by atoms with van der Waals surface area (Å²) in [6, 6.07) is 30.2. The van der Waals surface area contributed by atoms with Gasteiger partial charge in [-0.2, -0.15) is 0 Å². The van der Waals surface area contributed by atoms with Crippen molar-refractivity contribution >= 4 is 27.5 Å². The fourth-order valence-corrected chi connectivity index (χ4v) is 6.58. The lowest BCUT2D eigenvalue weighted by molar-refractivity contribution is -0.140. The lowest BCUT2D eigenvalue weighted by Crippen LogP contribution is -2.53. The van der Waals surface area contributed by atoms with Crippen LogP contribution in [0.1, 0.15) is 41.7 Å². The number of hydrogen-bond acceptors (Lipinski definition) is 4. The Morgan fingerprint density at radius 1 is 0.756 bits per heavy atom. The number of hydrogen-bond donors (Lipinski definition) is 1. The summed E-state index contributed by atoms with van der Waals surface area (Å²) in [5.74, 6) is -0.545. The van der Waals surface area contributed by atoms with Crippen LogP contribution in [0.4, 0.5) is 5.69 Å². The fraction of sp³-hybridized carbons (Fsp3) is 0.297. The second-order valence-electron chi connectivity index (χ2n) is 11.9. The van der Waals surface area contributed by atoms with Crippen LogP contribution in [-0.4, -0.2) is 44.3 Å². The van der Waals surface area contributed by atoms with Gasteiger partial charge in [0.1, 0.15) is 12.6 Å². The standard InChI is InChI=1S/C37H43N3O4S/c1-27(2)24-38-37(42)35(23-31-14-8-6-9-15-31)39(25-32-16-10-7-11-17-32)36(41)26-40(34-18-12-13-29(4)30(34)5)45(43,44)33-21-19-28(3)20-22-33/h6-22,27,35H,23-26H2,1-5H3,(H,38,42)/t35-/m1/s1. The minimum atomic E-state index is -4.15. The molecule has 1 N–H and O–H groups in total. The number of carbonyl (C=O) groups excluding carboxylic acids is 2. The lowest BCUT2D eigenvalue weighted by atomic mass is 10.0. The molecule has 4 rings (SSSR count). The van der Waals surface area contributed by atoms with Crippen LogP contribution in [0.25, 0.3) is 0 Å².